The minimum absolute atomic E-state index is 0.259. The molecule has 0 saturated heterocycles. The van der Waals surface area contributed by atoms with Crippen LogP contribution in [0.1, 0.15) is 52.4 Å². The van der Waals surface area contributed by atoms with E-state index in [2.05, 4.69) is 13.8 Å². The predicted octanol–water partition coefficient (Wildman–Crippen LogP) is 2.86. The molecule has 20 heavy (non-hydrogen) atoms. The number of carbonyl (C=O) groups is 2. The predicted molar refractivity (Wildman–Crippen MR) is 73.0 cm³/mol. The zero-order valence-corrected chi connectivity index (χ0v) is 12.3. The Morgan fingerprint density at radius 3 is 2.00 bits per heavy atom. The molecule has 0 aromatic heterocycles. The van der Waals surface area contributed by atoms with Gasteiger partial charge in [-0.15, -0.1) is 0 Å². The number of carboxylic acids is 1. The molecule has 112 valence electrons. The van der Waals surface area contributed by atoms with Crippen LogP contribution in [0.5, 0.6) is 0 Å². The van der Waals surface area contributed by atoms with Crippen LogP contribution < -0.4 is 0 Å². The number of hydrogen-bond acceptors (Lipinski definition) is 3. The van der Waals surface area contributed by atoms with E-state index in [-0.39, 0.29) is 5.92 Å². The van der Waals surface area contributed by atoms with Gasteiger partial charge in [0.05, 0.1) is 0 Å². The minimum atomic E-state index is -1.10. The largest absolute Gasteiger partial charge is 0.481 e. The maximum atomic E-state index is 12.0. The van der Waals surface area contributed by atoms with Crippen molar-refractivity contribution in [2.45, 2.75) is 58.0 Å². The third-order valence-electron chi connectivity index (χ3n) is 5.90. The average Bonchev–Trinajstić information content (AvgIpc) is 2.31. The molecule has 4 rings (SSSR count). The van der Waals surface area contributed by atoms with Crippen molar-refractivity contribution < 1.29 is 19.4 Å². The van der Waals surface area contributed by atoms with Gasteiger partial charge < -0.3 is 9.84 Å². The highest BCUT2D eigenvalue weighted by molar-refractivity contribution is 5.90. The lowest BCUT2D eigenvalue weighted by Gasteiger charge is -2.61. The van der Waals surface area contributed by atoms with E-state index in [9.17, 15) is 9.59 Å². The van der Waals surface area contributed by atoms with Crippen LogP contribution >= 0.6 is 0 Å². The smallest absolute Gasteiger partial charge is 0.317 e. The molecule has 4 nitrogen and oxygen atoms in total. The van der Waals surface area contributed by atoms with E-state index >= 15 is 0 Å². The zero-order valence-electron chi connectivity index (χ0n) is 12.3. The summed E-state index contributed by atoms with van der Waals surface area (Å²) in [6, 6.07) is 0. The van der Waals surface area contributed by atoms with Crippen LogP contribution in [-0.4, -0.2) is 22.6 Å². The van der Waals surface area contributed by atoms with Crippen LogP contribution in [0.2, 0.25) is 0 Å². The summed E-state index contributed by atoms with van der Waals surface area (Å²) in [5.74, 6) is 1.10. The molecule has 0 aliphatic heterocycles. The maximum absolute atomic E-state index is 12.0. The molecule has 0 radical (unpaired) electrons. The number of aliphatic carboxylic acids is 1. The second-order valence-electron chi connectivity index (χ2n) is 7.36. The number of ether oxygens (including phenoxy) is 1. The molecule has 0 amide bonds. The Morgan fingerprint density at radius 2 is 1.60 bits per heavy atom. The Morgan fingerprint density at radius 1 is 1.10 bits per heavy atom. The van der Waals surface area contributed by atoms with Gasteiger partial charge in [-0.25, -0.2) is 0 Å². The highest BCUT2D eigenvalue weighted by atomic mass is 16.6. The first-order chi connectivity index (χ1) is 9.41. The van der Waals surface area contributed by atoms with Gasteiger partial charge in [0, 0.05) is 0 Å². The fourth-order valence-electron chi connectivity index (χ4n) is 5.50. The van der Waals surface area contributed by atoms with E-state index in [4.69, 9.17) is 9.84 Å². The molecule has 4 aliphatic carbocycles. The van der Waals surface area contributed by atoms with E-state index in [0.29, 0.717) is 11.8 Å². The highest BCUT2D eigenvalue weighted by Gasteiger charge is 2.60. The Balaban J connectivity index is 1.85. The second kappa shape index (κ2) is 4.74. The Bertz CT molecular complexity index is 398. The second-order valence-corrected chi connectivity index (χ2v) is 7.36. The first-order valence-electron chi connectivity index (χ1n) is 7.85. The minimum Gasteiger partial charge on any atom is -0.481 e. The van der Waals surface area contributed by atoms with Crippen LogP contribution in [0, 0.1) is 29.6 Å². The van der Waals surface area contributed by atoms with E-state index in [1.807, 2.05) is 0 Å². The van der Waals surface area contributed by atoms with Gasteiger partial charge in [0.1, 0.15) is 12.0 Å². The Hall–Kier alpha value is -1.06. The molecular formula is C16H24O4. The molecule has 0 heterocycles. The Kier molecular flexibility index (Phi) is 3.30. The van der Waals surface area contributed by atoms with Crippen LogP contribution in [-0.2, 0) is 14.3 Å². The molecule has 4 bridgehead atoms. The molecule has 4 saturated carbocycles. The molecule has 0 atom stereocenters. The molecule has 0 unspecified atom stereocenters. The van der Waals surface area contributed by atoms with Gasteiger partial charge in [-0.1, -0.05) is 13.8 Å². The van der Waals surface area contributed by atoms with Crippen molar-refractivity contribution in [3.63, 3.8) is 0 Å². The molecule has 4 aliphatic rings. The van der Waals surface area contributed by atoms with Crippen LogP contribution in [0.3, 0.4) is 0 Å². The van der Waals surface area contributed by atoms with Crippen molar-refractivity contribution >= 4 is 11.9 Å². The number of esters is 1. The van der Waals surface area contributed by atoms with Gasteiger partial charge >= 0.3 is 11.9 Å². The zero-order chi connectivity index (χ0) is 14.5. The van der Waals surface area contributed by atoms with Crippen molar-refractivity contribution in [1.29, 1.82) is 0 Å². The van der Waals surface area contributed by atoms with Crippen molar-refractivity contribution in [3.05, 3.63) is 0 Å². The van der Waals surface area contributed by atoms with E-state index in [0.717, 1.165) is 37.5 Å². The number of rotatable bonds is 4. The summed E-state index contributed by atoms with van der Waals surface area (Å²) in [7, 11) is 0. The van der Waals surface area contributed by atoms with Crippen LogP contribution in [0.25, 0.3) is 0 Å². The molecule has 0 aromatic rings. The van der Waals surface area contributed by atoms with Crippen molar-refractivity contribution in [3.8, 4) is 0 Å². The molecule has 1 N–H and O–H groups in total. The fourth-order valence-corrected chi connectivity index (χ4v) is 5.50. The fraction of sp³-hybridized carbons (Fsp3) is 0.875. The quantitative estimate of drug-likeness (QED) is 0.635. The number of carboxylic acid groups (broad SMARTS) is 1. The van der Waals surface area contributed by atoms with Gasteiger partial charge in [0.25, 0.3) is 0 Å². The van der Waals surface area contributed by atoms with Crippen molar-refractivity contribution in [2.24, 2.45) is 29.6 Å². The van der Waals surface area contributed by atoms with Gasteiger partial charge in [-0.3, -0.25) is 9.59 Å². The first-order valence-corrected chi connectivity index (χ1v) is 7.85. The molecule has 0 aromatic carbocycles. The summed E-state index contributed by atoms with van der Waals surface area (Å²) in [6.45, 7) is 4.24. The normalized spacial score (nSPS) is 42.0. The topological polar surface area (TPSA) is 63.6 Å². The van der Waals surface area contributed by atoms with E-state index in [1.54, 1.807) is 0 Å². The summed E-state index contributed by atoms with van der Waals surface area (Å²) in [5.41, 5.74) is -0.403. The molecule has 4 fully saturated rings. The third kappa shape index (κ3) is 2.04. The highest BCUT2D eigenvalue weighted by Crippen LogP contribution is 2.61. The summed E-state index contributed by atoms with van der Waals surface area (Å²) in [5, 5.41) is 8.79. The van der Waals surface area contributed by atoms with Crippen LogP contribution in [0.15, 0.2) is 0 Å². The van der Waals surface area contributed by atoms with Crippen molar-refractivity contribution in [1.82, 2.24) is 0 Å². The lowest BCUT2D eigenvalue weighted by Crippen LogP contribution is -2.62. The van der Waals surface area contributed by atoms with E-state index in [1.165, 1.54) is 6.42 Å². The summed E-state index contributed by atoms with van der Waals surface area (Å²) >= 11 is 0. The summed E-state index contributed by atoms with van der Waals surface area (Å²) < 4.78 is 5.87. The standard InChI is InChI=1S/C16H24O4/c1-9(2)16(20-15(19)8-14(17)18)12-4-10-3-11(6-12)7-13(16)5-10/h9-13H,3-8H2,1-2H3,(H,17,18). The van der Waals surface area contributed by atoms with Gasteiger partial charge in [-0.05, 0) is 61.7 Å². The van der Waals surface area contributed by atoms with Gasteiger partial charge in [0.15, 0.2) is 0 Å². The maximum Gasteiger partial charge on any atom is 0.317 e. The first kappa shape index (κ1) is 13.9. The van der Waals surface area contributed by atoms with Gasteiger partial charge in [0.2, 0.25) is 0 Å². The number of hydrogen-bond donors (Lipinski definition) is 1. The lowest BCUT2D eigenvalue weighted by atomic mass is 9.47. The molecule has 4 heteroatoms. The lowest BCUT2D eigenvalue weighted by molar-refractivity contribution is -0.225. The van der Waals surface area contributed by atoms with Gasteiger partial charge in [-0.2, -0.15) is 0 Å². The van der Waals surface area contributed by atoms with Crippen molar-refractivity contribution in [2.75, 3.05) is 0 Å². The summed E-state index contributed by atoms with van der Waals surface area (Å²) in [4.78, 5) is 22.7. The monoisotopic (exact) mass is 280 g/mol. The summed E-state index contributed by atoms with van der Waals surface area (Å²) in [6.07, 6.45) is 5.47. The third-order valence-corrected chi connectivity index (χ3v) is 5.90. The Labute approximate surface area is 119 Å². The molecule has 0 spiro atoms. The SMILES string of the molecule is CC(C)C1(OC(=O)CC(=O)O)C2CC3CC(C2)CC1C3. The van der Waals surface area contributed by atoms with E-state index < -0.39 is 24.0 Å². The molecular weight excluding hydrogens is 256 g/mol. The van der Waals surface area contributed by atoms with Crippen LogP contribution in [0.4, 0.5) is 0 Å². The number of carbonyl (C=O) groups excluding carboxylic acids is 1. The average molecular weight is 280 g/mol.